The molecule has 0 aromatic rings. The molecule has 124 valence electrons. The first-order valence-electron chi connectivity index (χ1n) is 7.90. The molecule has 1 saturated heterocycles. The van der Waals surface area contributed by atoms with E-state index in [-0.39, 0.29) is 17.7 Å². The van der Waals surface area contributed by atoms with Crippen molar-refractivity contribution in [3.63, 3.8) is 0 Å². The number of methoxy groups -OCH3 is 1. The number of likely N-dealkylation sites (N-methyl/N-ethyl adjacent to an activating group) is 1. The van der Waals surface area contributed by atoms with Gasteiger partial charge in [0.05, 0.1) is 18.8 Å². The van der Waals surface area contributed by atoms with E-state index in [0.29, 0.717) is 0 Å². The highest BCUT2D eigenvalue weighted by molar-refractivity contribution is 5.80. The quantitative estimate of drug-likeness (QED) is 0.574. The fourth-order valence-corrected chi connectivity index (χ4v) is 3.12. The van der Waals surface area contributed by atoms with Gasteiger partial charge < -0.3 is 14.8 Å². The molecule has 21 heavy (non-hydrogen) atoms. The molecule has 1 N–H and O–H groups in total. The van der Waals surface area contributed by atoms with Crippen LogP contribution >= 0.6 is 0 Å². The minimum atomic E-state index is -0.577. The third-order valence-electron chi connectivity index (χ3n) is 4.23. The van der Waals surface area contributed by atoms with Crippen LogP contribution in [0.1, 0.15) is 47.0 Å². The number of ether oxygens (including phenoxy) is 2. The van der Waals surface area contributed by atoms with Crippen LogP contribution in [-0.2, 0) is 14.3 Å². The summed E-state index contributed by atoms with van der Waals surface area (Å²) in [7, 11) is 3.25. The summed E-state index contributed by atoms with van der Waals surface area (Å²) >= 11 is 0. The molecule has 2 unspecified atom stereocenters. The Kier molecular flexibility index (Phi) is 6.63. The number of carbonyl (C=O) groups is 1. The zero-order chi connectivity index (χ0) is 16.1. The van der Waals surface area contributed by atoms with Gasteiger partial charge in [-0.25, -0.2) is 0 Å². The highest BCUT2D eigenvalue weighted by Gasteiger charge is 2.33. The zero-order valence-electron chi connectivity index (χ0n) is 14.5. The molecule has 1 rings (SSSR count). The van der Waals surface area contributed by atoms with Gasteiger partial charge in [0.2, 0.25) is 0 Å². The Morgan fingerprint density at radius 2 is 2.14 bits per heavy atom. The second kappa shape index (κ2) is 7.56. The first-order valence-corrected chi connectivity index (χ1v) is 7.90. The van der Waals surface area contributed by atoms with Gasteiger partial charge in [-0.15, -0.1) is 0 Å². The topological polar surface area (TPSA) is 50.8 Å². The monoisotopic (exact) mass is 300 g/mol. The lowest BCUT2D eigenvalue weighted by Crippen LogP contribution is -2.52. The van der Waals surface area contributed by atoms with Gasteiger partial charge in [-0.1, -0.05) is 0 Å². The fourth-order valence-electron chi connectivity index (χ4n) is 3.12. The average molecular weight is 300 g/mol. The van der Waals surface area contributed by atoms with Crippen LogP contribution in [0.15, 0.2) is 0 Å². The molecule has 0 saturated carbocycles. The molecule has 5 heteroatoms. The Balaban J connectivity index is 2.35. The van der Waals surface area contributed by atoms with Crippen molar-refractivity contribution >= 4 is 5.97 Å². The molecule has 1 aliphatic heterocycles. The summed E-state index contributed by atoms with van der Waals surface area (Å²) in [5.74, 6) is -0.189. The van der Waals surface area contributed by atoms with Gasteiger partial charge in [-0.05, 0) is 60.5 Å². The molecule has 0 amide bonds. The van der Waals surface area contributed by atoms with E-state index >= 15 is 0 Å². The lowest BCUT2D eigenvalue weighted by Gasteiger charge is -2.41. The Morgan fingerprint density at radius 3 is 2.67 bits per heavy atom. The number of nitrogens with zero attached hydrogens (tertiary/aromatic N) is 1. The van der Waals surface area contributed by atoms with Crippen LogP contribution in [0.5, 0.6) is 0 Å². The number of rotatable bonds is 7. The summed E-state index contributed by atoms with van der Waals surface area (Å²) in [5, 5.41) is 3.08. The average Bonchev–Trinajstić information content (AvgIpc) is 2.40. The van der Waals surface area contributed by atoms with Crippen molar-refractivity contribution in [3.05, 3.63) is 0 Å². The van der Waals surface area contributed by atoms with Crippen LogP contribution in [0, 0.1) is 0 Å². The Bertz CT molecular complexity index is 346. The van der Waals surface area contributed by atoms with Crippen molar-refractivity contribution in [3.8, 4) is 0 Å². The summed E-state index contributed by atoms with van der Waals surface area (Å²) in [6.07, 6.45) is 3.15. The Hall–Kier alpha value is -0.650. The summed E-state index contributed by atoms with van der Waals surface area (Å²) in [6, 6.07) is 0. The van der Waals surface area contributed by atoms with Gasteiger partial charge in [0.25, 0.3) is 0 Å². The molecule has 1 aliphatic rings. The van der Waals surface area contributed by atoms with Crippen molar-refractivity contribution in [1.29, 1.82) is 0 Å². The van der Waals surface area contributed by atoms with Crippen LogP contribution in [-0.4, -0.2) is 61.9 Å². The zero-order valence-corrected chi connectivity index (χ0v) is 14.5. The molecular formula is C16H32N2O3. The number of unbranched alkanes of at least 4 members (excludes halogenated alkanes) is 1. The number of nitrogens with one attached hydrogen (secondary N) is 1. The molecule has 0 aliphatic carbocycles. The van der Waals surface area contributed by atoms with Crippen LogP contribution in [0.4, 0.5) is 0 Å². The minimum absolute atomic E-state index is 0.0663. The van der Waals surface area contributed by atoms with E-state index < -0.39 is 5.54 Å². The third-order valence-corrected chi connectivity index (χ3v) is 4.23. The van der Waals surface area contributed by atoms with E-state index in [0.717, 1.165) is 38.9 Å². The van der Waals surface area contributed by atoms with Crippen molar-refractivity contribution in [2.75, 3.05) is 33.8 Å². The number of carbonyl (C=O) groups excluding carboxylic acids is 1. The predicted molar refractivity (Wildman–Crippen MR) is 84.4 cm³/mol. The van der Waals surface area contributed by atoms with Crippen LogP contribution in [0.2, 0.25) is 0 Å². The lowest BCUT2D eigenvalue weighted by atomic mass is 9.95. The SMILES string of the molecule is CNC(C)(CCCCN1CC(C)OC(C)(C)C1)C(=O)OC. The van der Waals surface area contributed by atoms with Gasteiger partial charge >= 0.3 is 5.97 Å². The largest absolute Gasteiger partial charge is 0.468 e. The highest BCUT2D eigenvalue weighted by Crippen LogP contribution is 2.22. The number of hydrogen-bond acceptors (Lipinski definition) is 5. The summed E-state index contributed by atoms with van der Waals surface area (Å²) in [4.78, 5) is 14.2. The van der Waals surface area contributed by atoms with Crippen LogP contribution < -0.4 is 5.32 Å². The summed E-state index contributed by atoms with van der Waals surface area (Å²) < 4.78 is 10.8. The van der Waals surface area contributed by atoms with Crippen molar-refractivity contribution in [1.82, 2.24) is 10.2 Å². The van der Waals surface area contributed by atoms with Gasteiger partial charge in [-0.3, -0.25) is 9.69 Å². The van der Waals surface area contributed by atoms with E-state index in [9.17, 15) is 4.79 Å². The van der Waals surface area contributed by atoms with Crippen LogP contribution in [0.25, 0.3) is 0 Å². The smallest absolute Gasteiger partial charge is 0.325 e. The fraction of sp³-hybridized carbons (Fsp3) is 0.938. The molecule has 0 aromatic carbocycles. The third kappa shape index (κ3) is 5.57. The molecular weight excluding hydrogens is 268 g/mol. The molecule has 1 fully saturated rings. The summed E-state index contributed by atoms with van der Waals surface area (Å²) in [6.45, 7) is 11.3. The molecule has 0 bridgehead atoms. The van der Waals surface area contributed by atoms with Crippen molar-refractivity contribution in [2.45, 2.75) is 64.2 Å². The predicted octanol–water partition coefficient (Wildman–Crippen LogP) is 1.81. The van der Waals surface area contributed by atoms with E-state index in [1.165, 1.54) is 7.11 Å². The highest BCUT2D eigenvalue weighted by atomic mass is 16.5. The van der Waals surface area contributed by atoms with Gasteiger partial charge in [0.1, 0.15) is 5.54 Å². The molecule has 0 spiro atoms. The van der Waals surface area contributed by atoms with E-state index in [1.807, 2.05) is 14.0 Å². The van der Waals surface area contributed by atoms with Crippen molar-refractivity contribution in [2.24, 2.45) is 0 Å². The van der Waals surface area contributed by atoms with Crippen LogP contribution in [0.3, 0.4) is 0 Å². The number of hydrogen-bond donors (Lipinski definition) is 1. The normalized spacial score (nSPS) is 25.3. The molecule has 2 atom stereocenters. The van der Waals surface area contributed by atoms with Crippen molar-refractivity contribution < 1.29 is 14.3 Å². The number of esters is 1. The maximum atomic E-state index is 11.8. The molecule has 5 nitrogen and oxygen atoms in total. The van der Waals surface area contributed by atoms with E-state index in [4.69, 9.17) is 9.47 Å². The maximum absolute atomic E-state index is 11.8. The lowest BCUT2D eigenvalue weighted by molar-refractivity contribution is -0.148. The molecule has 1 heterocycles. The summed E-state index contributed by atoms with van der Waals surface area (Å²) in [5.41, 5.74) is -0.643. The molecule has 0 aromatic heterocycles. The Morgan fingerprint density at radius 1 is 1.48 bits per heavy atom. The van der Waals surface area contributed by atoms with Gasteiger partial charge in [0, 0.05) is 13.1 Å². The number of morpholine rings is 1. The van der Waals surface area contributed by atoms with Gasteiger partial charge in [-0.2, -0.15) is 0 Å². The minimum Gasteiger partial charge on any atom is -0.468 e. The van der Waals surface area contributed by atoms with E-state index in [1.54, 1.807) is 0 Å². The maximum Gasteiger partial charge on any atom is 0.325 e. The second-order valence-electron chi connectivity index (χ2n) is 6.95. The van der Waals surface area contributed by atoms with E-state index in [2.05, 4.69) is 31.0 Å². The van der Waals surface area contributed by atoms with Gasteiger partial charge in [0.15, 0.2) is 0 Å². The second-order valence-corrected chi connectivity index (χ2v) is 6.95. The first-order chi connectivity index (χ1) is 9.72. The standard InChI is InChI=1S/C16H32N2O3/c1-13-11-18(12-15(2,3)21-13)10-8-7-9-16(4,17-5)14(19)20-6/h13,17H,7-12H2,1-6H3. The Labute approximate surface area is 129 Å². The first kappa shape index (κ1) is 18.4. The molecule has 0 radical (unpaired) electrons.